The number of imidazole rings is 2. The second kappa shape index (κ2) is 15.8. The Kier molecular flexibility index (Phi) is 10.9. The predicted octanol–water partition coefficient (Wildman–Crippen LogP) is 5.24. The summed E-state index contributed by atoms with van der Waals surface area (Å²) in [6.45, 7) is 17.2. The molecule has 7 rings (SSSR count). The van der Waals surface area contributed by atoms with Gasteiger partial charge in [-0.2, -0.15) is 20.2 Å². The number of amides is 2. The van der Waals surface area contributed by atoms with Gasteiger partial charge in [0.15, 0.2) is 0 Å². The van der Waals surface area contributed by atoms with Crippen LogP contribution in [0.25, 0.3) is 22.1 Å². The van der Waals surface area contributed by atoms with Crippen molar-refractivity contribution in [3.05, 3.63) is 94.2 Å². The molecule has 0 bridgehead atoms. The lowest BCUT2D eigenvalue weighted by Gasteiger charge is -2.27. The summed E-state index contributed by atoms with van der Waals surface area (Å²) in [7, 11) is 3.95. The fourth-order valence-electron chi connectivity index (χ4n) is 8.02. The van der Waals surface area contributed by atoms with Crippen LogP contribution in [0.15, 0.2) is 64.6 Å². The number of carbonyl (C=O) groups excluding carboxylic acids is 2. The van der Waals surface area contributed by atoms with Gasteiger partial charge in [0.2, 0.25) is 11.2 Å². The van der Waals surface area contributed by atoms with Gasteiger partial charge in [-0.05, 0) is 90.3 Å². The summed E-state index contributed by atoms with van der Waals surface area (Å²) in [4.78, 5) is 39.7. The van der Waals surface area contributed by atoms with Gasteiger partial charge in [0.05, 0.1) is 46.7 Å². The second-order valence-electron chi connectivity index (χ2n) is 14.7. The van der Waals surface area contributed by atoms with Crippen LogP contribution in [0.2, 0.25) is 0 Å². The third-order valence-electron chi connectivity index (χ3n) is 10.9. The lowest BCUT2D eigenvalue weighted by Crippen LogP contribution is -2.36. The van der Waals surface area contributed by atoms with Gasteiger partial charge in [0, 0.05) is 58.9 Å². The smallest absolute Gasteiger partial charge is 0.298 e. The van der Waals surface area contributed by atoms with Crippen LogP contribution in [0.4, 0.5) is 0 Å². The average molecular weight is 748 g/mol. The normalized spacial score (nSPS) is 15.8. The van der Waals surface area contributed by atoms with Crippen LogP contribution < -0.4 is 11.2 Å². The van der Waals surface area contributed by atoms with Gasteiger partial charge in [-0.25, -0.2) is 0 Å². The third-order valence-corrected chi connectivity index (χ3v) is 10.9. The number of aromatic nitrogens is 8. The maximum Gasteiger partial charge on any atom is 0.298 e. The van der Waals surface area contributed by atoms with Gasteiger partial charge in [0.1, 0.15) is 11.4 Å². The molecule has 0 unspecified atom stereocenters. The number of fused-ring (bicyclic) bond motifs is 2. The number of hydrogen-bond acceptors (Lipinski definition) is 6. The Morgan fingerprint density at radius 1 is 0.727 bits per heavy atom. The van der Waals surface area contributed by atoms with E-state index >= 15 is 0 Å². The molecular weight excluding hydrogens is 695 g/mol. The summed E-state index contributed by atoms with van der Waals surface area (Å²) in [6.07, 6.45) is 1.54. The quantitative estimate of drug-likeness (QED) is 0.179. The topological polar surface area (TPSA) is 127 Å². The Bertz CT molecular complexity index is 2510. The van der Waals surface area contributed by atoms with Gasteiger partial charge in [-0.3, -0.25) is 23.9 Å². The molecule has 0 aliphatic carbocycles. The Balaban J connectivity index is 1.30. The van der Waals surface area contributed by atoms with Crippen molar-refractivity contribution in [3.63, 3.8) is 0 Å². The standard InChI is InChI=1S/C41H53N11O3/c1-9-49-35(24-27(3)44-49)38(53)42-40-46(7)32-15-11-12-16-33(32)51(40)29(5)18-19-30(6)52-37-31(26-48-20-22-55-23-21-48)14-13-17-34(37)47(8)41(52)43-39(54)36-25-28(4)45-50(36)10-2/h11-17,24-25,29-30H,9-10,18-23,26H2,1-8H3/b42-40+,43-41?/t29-,30+/m0/s1. The first-order valence-corrected chi connectivity index (χ1v) is 19.4. The molecule has 2 atom stereocenters. The summed E-state index contributed by atoms with van der Waals surface area (Å²) in [5.41, 5.74) is 8.97. The zero-order valence-corrected chi connectivity index (χ0v) is 33.4. The molecule has 6 aromatic rings. The maximum atomic E-state index is 13.9. The number of ether oxygens (including phenoxy) is 1. The molecular formula is C41H53N11O3. The van der Waals surface area contributed by atoms with Crippen LogP contribution in [0.1, 0.15) is 90.5 Å². The van der Waals surface area contributed by atoms with Crippen molar-refractivity contribution in [2.75, 3.05) is 26.3 Å². The van der Waals surface area contributed by atoms with Gasteiger partial charge in [0.25, 0.3) is 11.8 Å². The number of rotatable bonds is 11. The number of nitrogens with zero attached hydrogens (tertiary/aromatic N) is 11. The van der Waals surface area contributed by atoms with E-state index in [1.165, 1.54) is 5.56 Å². The van der Waals surface area contributed by atoms with Crippen molar-refractivity contribution in [1.82, 2.24) is 42.7 Å². The molecule has 4 aromatic heterocycles. The maximum absolute atomic E-state index is 13.9. The molecule has 1 fully saturated rings. The largest absolute Gasteiger partial charge is 0.379 e. The summed E-state index contributed by atoms with van der Waals surface area (Å²) < 4.78 is 17.6. The number of hydrogen-bond donors (Lipinski definition) is 0. The zero-order valence-electron chi connectivity index (χ0n) is 33.4. The molecule has 290 valence electrons. The fraction of sp³-hybridized carbons (Fsp3) is 0.463. The minimum atomic E-state index is -0.322. The van der Waals surface area contributed by atoms with Crippen LogP contribution >= 0.6 is 0 Å². The molecule has 0 N–H and O–H groups in total. The van der Waals surface area contributed by atoms with Gasteiger partial charge >= 0.3 is 0 Å². The molecule has 0 spiro atoms. The molecule has 5 heterocycles. The predicted molar refractivity (Wildman–Crippen MR) is 212 cm³/mol. The molecule has 14 heteroatoms. The van der Waals surface area contributed by atoms with E-state index in [9.17, 15) is 9.59 Å². The summed E-state index contributed by atoms with van der Waals surface area (Å²) >= 11 is 0. The molecule has 1 saturated heterocycles. The van der Waals surface area contributed by atoms with Crippen LogP contribution in [-0.4, -0.2) is 80.8 Å². The number of aryl methyl sites for hydroxylation is 6. The first-order valence-electron chi connectivity index (χ1n) is 19.4. The number of benzene rings is 2. The highest BCUT2D eigenvalue weighted by atomic mass is 16.5. The monoisotopic (exact) mass is 747 g/mol. The van der Waals surface area contributed by atoms with Crippen molar-refractivity contribution in [2.24, 2.45) is 24.1 Å². The highest BCUT2D eigenvalue weighted by Crippen LogP contribution is 2.28. The molecule has 1 aliphatic rings. The van der Waals surface area contributed by atoms with E-state index in [-0.39, 0.29) is 23.9 Å². The zero-order chi connectivity index (χ0) is 39.0. The van der Waals surface area contributed by atoms with Gasteiger partial charge < -0.3 is 23.0 Å². The van der Waals surface area contributed by atoms with Crippen LogP contribution in [0, 0.1) is 13.8 Å². The SMILES string of the molecule is CCn1nc(C)cc1C(=O)N=c1n(C)c2cccc(CN3CCOCC3)c2n1[C@H](C)CC[C@H](C)n1/c(=N/C(=O)c2cc(C)nn2CC)n(C)c2ccccc21. The van der Waals surface area contributed by atoms with Crippen LogP contribution in [0.5, 0.6) is 0 Å². The van der Waals surface area contributed by atoms with Crippen molar-refractivity contribution in [2.45, 2.75) is 86.1 Å². The van der Waals surface area contributed by atoms with E-state index in [2.05, 4.69) is 68.4 Å². The first kappa shape index (κ1) is 38.0. The summed E-state index contributed by atoms with van der Waals surface area (Å²) in [5.74, 6) is -0.642. The molecule has 1 aliphatic heterocycles. The van der Waals surface area contributed by atoms with E-state index in [0.717, 1.165) is 65.9 Å². The van der Waals surface area contributed by atoms with E-state index in [0.29, 0.717) is 48.9 Å². The lowest BCUT2D eigenvalue weighted by molar-refractivity contribution is 0.0343. The Morgan fingerprint density at radius 2 is 1.24 bits per heavy atom. The summed E-state index contributed by atoms with van der Waals surface area (Å²) in [5, 5.41) is 9.00. The van der Waals surface area contributed by atoms with Crippen molar-refractivity contribution < 1.29 is 14.3 Å². The van der Waals surface area contributed by atoms with E-state index < -0.39 is 0 Å². The molecule has 0 radical (unpaired) electrons. The molecule has 2 aromatic carbocycles. The molecule has 0 saturated carbocycles. The van der Waals surface area contributed by atoms with Crippen LogP contribution in [-0.2, 0) is 38.5 Å². The van der Waals surface area contributed by atoms with Crippen LogP contribution in [0.3, 0.4) is 0 Å². The Morgan fingerprint density at radius 3 is 1.82 bits per heavy atom. The third kappa shape index (κ3) is 7.28. The van der Waals surface area contributed by atoms with Crippen molar-refractivity contribution in [1.29, 1.82) is 0 Å². The highest BCUT2D eigenvalue weighted by molar-refractivity contribution is 5.94. The molecule has 2 amide bonds. The van der Waals surface area contributed by atoms with Crippen molar-refractivity contribution >= 4 is 33.9 Å². The Labute approximate surface area is 321 Å². The first-order chi connectivity index (χ1) is 26.5. The average Bonchev–Trinajstić information content (AvgIpc) is 3.92. The minimum absolute atomic E-state index is 0.0229. The second-order valence-corrected chi connectivity index (χ2v) is 14.7. The molecule has 14 nitrogen and oxygen atoms in total. The van der Waals surface area contributed by atoms with E-state index in [1.54, 1.807) is 15.4 Å². The molecule has 55 heavy (non-hydrogen) atoms. The number of morpholine rings is 1. The fourth-order valence-corrected chi connectivity index (χ4v) is 8.02. The Hall–Kier alpha value is -5.34. The number of carbonyl (C=O) groups is 2. The minimum Gasteiger partial charge on any atom is -0.379 e. The van der Waals surface area contributed by atoms with Crippen molar-refractivity contribution in [3.8, 4) is 0 Å². The highest BCUT2D eigenvalue weighted by Gasteiger charge is 2.24. The van der Waals surface area contributed by atoms with E-state index in [4.69, 9.17) is 14.7 Å². The van der Waals surface area contributed by atoms with E-state index in [1.807, 2.05) is 69.1 Å². The van der Waals surface area contributed by atoms with Gasteiger partial charge in [-0.1, -0.05) is 24.3 Å². The lowest BCUT2D eigenvalue weighted by atomic mass is 10.1. The van der Waals surface area contributed by atoms with Gasteiger partial charge in [-0.15, -0.1) is 0 Å². The summed E-state index contributed by atoms with van der Waals surface area (Å²) in [6, 6.07) is 18.1. The number of para-hydroxylation sites is 3.